The minimum absolute atomic E-state index is 0.102. The summed E-state index contributed by atoms with van der Waals surface area (Å²) >= 11 is 6.03. The zero-order valence-corrected chi connectivity index (χ0v) is 18.8. The van der Waals surface area contributed by atoms with Crippen LogP contribution in [0.4, 0.5) is 22.7 Å². The number of nitrogens with zero attached hydrogens (tertiary/aromatic N) is 4. The van der Waals surface area contributed by atoms with Crippen molar-refractivity contribution in [2.75, 3.05) is 31.1 Å². The Morgan fingerprint density at radius 3 is 2.53 bits per heavy atom. The highest BCUT2D eigenvalue weighted by atomic mass is 35.5. The summed E-state index contributed by atoms with van der Waals surface area (Å²) in [6.45, 7) is 4.34. The van der Waals surface area contributed by atoms with E-state index in [1.165, 1.54) is 18.2 Å². The number of anilines is 1. The van der Waals surface area contributed by atoms with Gasteiger partial charge in [-0.2, -0.15) is 5.11 Å². The third-order valence-electron chi connectivity index (χ3n) is 4.72. The molecule has 0 fully saturated rings. The van der Waals surface area contributed by atoms with Crippen molar-refractivity contribution >= 4 is 40.3 Å². The van der Waals surface area contributed by atoms with Crippen LogP contribution in [-0.2, 0) is 9.53 Å². The first-order chi connectivity index (χ1) is 15.4. The van der Waals surface area contributed by atoms with E-state index in [9.17, 15) is 14.9 Å². The van der Waals surface area contributed by atoms with Crippen molar-refractivity contribution in [3.63, 3.8) is 0 Å². The number of rotatable bonds is 13. The highest BCUT2D eigenvalue weighted by Gasteiger charge is 2.10. The Kier molecular flexibility index (Phi) is 10.6. The highest BCUT2D eigenvalue weighted by Crippen LogP contribution is 2.30. The van der Waals surface area contributed by atoms with Crippen molar-refractivity contribution in [2.45, 2.75) is 32.6 Å². The molecule has 0 aliphatic rings. The molecule has 0 unspecified atom stereocenters. The molecule has 172 valence electrons. The molecule has 32 heavy (non-hydrogen) atoms. The third kappa shape index (κ3) is 8.24. The molecule has 0 saturated carbocycles. The number of likely N-dealkylation sites (N-methyl/N-ethyl adjacent to an activating group) is 1. The van der Waals surface area contributed by atoms with E-state index >= 15 is 0 Å². The maximum atomic E-state index is 11.8. The maximum absolute atomic E-state index is 11.8. The van der Waals surface area contributed by atoms with E-state index in [1.54, 1.807) is 0 Å². The van der Waals surface area contributed by atoms with E-state index in [-0.39, 0.29) is 16.7 Å². The molecule has 0 aliphatic heterocycles. The average molecular weight is 462 g/mol. The van der Waals surface area contributed by atoms with Gasteiger partial charge in [0.25, 0.3) is 5.69 Å². The van der Waals surface area contributed by atoms with Gasteiger partial charge in [-0.3, -0.25) is 14.9 Å². The Morgan fingerprint density at radius 1 is 1.16 bits per heavy atom. The molecule has 10 heteroatoms. The number of azo groups is 1. The average Bonchev–Trinajstić information content (AvgIpc) is 2.79. The van der Waals surface area contributed by atoms with Gasteiger partial charge in [-0.1, -0.05) is 18.0 Å². The van der Waals surface area contributed by atoms with Crippen LogP contribution >= 0.6 is 11.6 Å². The third-order valence-corrected chi connectivity index (χ3v) is 5.02. The Balaban J connectivity index is 1.88. The van der Waals surface area contributed by atoms with Crippen LogP contribution in [0.1, 0.15) is 32.6 Å². The van der Waals surface area contributed by atoms with Crippen LogP contribution in [0.5, 0.6) is 0 Å². The number of unbranched alkanes of at least 4 members (excludes halogenated alkanes) is 2. The monoisotopic (exact) mass is 461 g/mol. The molecule has 2 aromatic carbocycles. The van der Waals surface area contributed by atoms with Gasteiger partial charge in [0.15, 0.2) is 0 Å². The molecule has 2 aromatic rings. The van der Waals surface area contributed by atoms with Crippen LogP contribution < -0.4 is 10.6 Å². The van der Waals surface area contributed by atoms with Gasteiger partial charge < -0.3 is 15.4 Å². The fraction of sp³-hybridized carbons (Fsp3) is 0.409. The van der Waals surface area contributed by atoms with Crippen molar-refractivity contribution < 1.29 is 14.5 Å². The maximum Gasteiger partial charge on any atom is 0.305 e. The number of hydrogen-bond acceptors (Lipinski definition) is 8. The Labute approximate surface area is 192 Å². The van der Waals surface area contributed by atoms with Crippen molar-refractivity contribution in [3.05, 3.63) is 57.6 Å². The summed E-state index contributed by atoms with van der Waals surface area (Å²) in [6, 6.07) is 11.5. The zero-order valence-electron chi connectivity index (χ0n) is 18.1. The van der Waals surface area contributed by atoms with E-state index in [0.29, 0.717) is 37.5 Å². The fourth-order valence-corrected chi connectivity index (χ4v) is 3.15. The van der Waals surface area contributed by atoms with Crippen LogP contribution in [0.2, 0.25) is 5.02 Å². The molecular formula is C22H28ClN5O4. The smallest absolute Gasteiger partial charge is 0.305 e. The number of carbonyl (C=O) groups is 1. The number of hydrogen-bond donors (Lipinski definition) is 1. The van der Waals surface area contributed by atoms with Gasteiger partial charge >= 0.3 is 5.97 Å². The lowest BCUT2D eigenvalue weighted by Gasteiger charge is -2.23. The molecule has 0 atom stereocenters. The van der Waals surface area contributed by atoms with Crippen molar-refractivity contribution in [3.8, 4) is 0 Å². The molecule has 0 saturated heterocycles. The summed E-state index contributed by atoms with van der Waals surface area (Å²) in [5.41, 5.74) is 7.28. The Morgan fingerprint density at radius 2 is 1.91 bits per heavy atom. The summed E-state index contributed by atoms with van der Waals surface area (Å²) in [5, 5.41) is 19.1. The molecule has 0 heterocycles. The van der Waals surface area contributed by atoms with E-state index in [0.717, 1.165) is 31.5 Å². The molecule has 0 spiro atoms. The summed E-state index contributed by atoms with van der Waals surface area (Å²) in [5.74, 6) is -0.182. The first-order valence-electron chi connectivity index (χ1n) is 10.5. The standard InChI is InChI=1S/C22H28ClN5O4/c1-2-27(14-15-32-22(29)6-4-3-5-13-24)18-9-7-17(8-10-18)25-26-21-12-11-19(28(30)31)16-20(21)23/h7-12,16H,2-6,13-15,24H2,1H3. The summed E-state index contributed by atoms with van der Waals surface area (Å²) in [6.07, 6.45) is 3.08. The second-order valence-electron chi connectivity index (χ2n) is 7.01. The van der Waals surface area contributed by atoms with E-state index in [2.05, 4.69) is 15.1 Å². The van der Waals surface area contributed by atoms with Crippen molar-refractivity contribution in [1.82, 2.24) is 0 Å². The lowest BCUT2D eigenvalue weighted by molar-refractivity contribution is -0.384. The number of non-ortho nitro benzene ring substituents is 1. The van der Waals surface area contributed by atoms with E-state index in [1.807, 2.05) is 31.2 Å². The van der Waals surface area contributed by atoms with Crippen molar-refractivity contribution in [1.29, 1.82) is 0 Å². The zero-order chi connectivity index (χ0) is 23.3. The SMILES string of the molecule is CCN(CCOC(=O)CCCCCN)c1ccc(N=Nc2ccc([N+](=O)[O-])cc2Cl)cc1. The number of carbonyl (C=O) groups excluding carboxylic acids is 1. The molecule has 0 bridgehead atoms. The molecule has 2 rings (SSSR count). The van der Waals surface area contributed by atoms with Crippen LogP contribution in [0.25, 0.3) is 0 Å². The second kappa shape index (κ2) is 13.4. The van der Waals surface area contributed by atoms with Gasteiger partial charge in [0.2, 0.25) is 0 Å². The first kappa shape index (κ1) is 25.2. The largest absolute Gasteiger partial charge is 0.464 e. The van der Waals surface area contributed by atoms with Gasteiger partial charge in [0.05, 0.1) is 22.2 Å². The minimum Gasteiger partial charge on any atom is -0.464 e. The van der Waals surface area contributed by atoms with Gasteiger partial charge in [-0.25, -0.2) is 0 Å². The number of benzene rings is 2. The number of nitrogens with two attached hydrogens (primary N) is 1. The predicted molar refractivity (Wildman–Crippen MR) is 125 cm³/mol. The molecular weight excluding hydrogens is 434 g/mol. The van der Waals surface area contributed by atoms with Gasteiger partial charge in [-0.05, 0) is 56.6 Å². The molecule has 0 aromatic heterocycles. The lowest BCUT2D eigenvalue weighted by Crippen LogP contribution is -2.27. The number of halogens is 1. The van der Waals surface area contributed by atoms with Crippen LogP contribution in [0.3, 0.4) is 0 Å². The molecule has 0 amide bonds. The molecule has 0 aliphatic carbocycles. The number of nitro groups is 1. The molecule has 9 nitrogen and oxygen atoms in total. The Bertz CT molecular complexity index is 921. The topological polar surface area (TPSA) is 123 Å². The van der Waals surface area contributed by atoms with Gasteiger partial charge in [0, 0.05) is 30.8 Å². The quantitative estimate of drug-likeness (QED) is 0.137. The van der Waals surface area contributed by atoms with Gasteiger partial charge in [-0.15, -0.1) is 5.11 Å². The van der Waals surface area contributed by atoms with E-state index < -0.39 is 4.92 Å². The number of ether oxygens (including phenoxy) is 1. The normalized spacial score (nSPS) is 11.0. The second-order valence-corrected chi connectivity index (χ2v) is 7.42. The highest BCUT2D eigenvalue weighted by molar-refractivity contribution is 6.33. The predicted octanol–water partition coefficient (Wildman–Crippen LogP) is 5.55. The summed E-state index contributed by atoms with van der Waals surface area (Å²) in [4.78, 5) is 24.1. The minimum atomic E-state index is -0.518. The molecule has 2 N–H and O–H groups in total. The van der Waals surface area contributed by atoms with Gasteiger partial charge in [0.1, 0.15) is 12.3 Å². The number of esters is 1. The van der Waals surface area contributed by atoms with Crippen LogP contribution in [-0.4, -0.2) is 37.1 Å². The first-order valence-corrected chi connectivity index (χ1v) is 10.9. The number of nitro benzene ring substituents is 1. The molecule has 0 radical (unpaired) electrons. The van der Waals surface area contributed by atoms with Crippen LogP contribution in [0, 0.1) is 10.1 Å². The Hall–Kier alpha value is -3.04. The van der Waals surface area contributed by atoms with E-state index in [4.69, 9.17) is 22.1 Å². The lowest BCUT2D eigenvalue weighted by atomic mass is 10.2. The van der Waals surface area contributed by atoms with Crippen LogP contribution in [0.15, 0.2) is 52.7 Å². The fourth-order valence-electron chi connectivity index (χ4n) is 2.93. The summed E-state index contributed by atoms with van der Waals surface area (Å²) in [7, 11) is 0. The van der Waals surface area contributed by atoms with Crippen molar-refractivity contribution in [2.24, 2.45) is 16.0 Å². The summed E-state index contributed by atoms with van der Waals surface area (Å²) < 4.78 is 5.32.